The summed E-state index contributed by atoms with van der Waals surface area (Å²) in [5.74, 6) is 0.0933. The monoisotopic (exact) mass is 380 g/mol. The molecule has 4 aromatic rings. The number of carbonyl (C=O) groups is 1. The van der Waals surface area contributed by atoms with Crippen molar-refractivity contribution in [3.05, 3.63) is 90.0 Å². The van der Waals surface area contributed by atoms with Crippen molar-refractivity contribution in [2.75, 3.05) is 5.32 Å². The highest BCUT2D eigenvalue weighted by Crippen LogP contribution is 2.41. The summed E-state index contributed by atoms with van der Waals surface area (Å²) in [6, 6.07) is 27.1. The third-order valence-corrected chi connectivity index (χ3v) is 6.11. The zero-order chi connectivity index (χ0) is 20.0. The van der Waals surface area contributed by atoms with Crippen molar-refractivity contribution in [3.8, 4) is 0 Å². The Morgan fingerprint density at radius 3 is 2.14 bits per heavy atom. The van der Waals surface area contributed by atoms with Gasteiger partial charge in [0.05, 0.1) is 5.56 Å². The van der Waals surface area contributed by atoms with Crippen molar-refractivity contribution >= 4 is 33.1 Å². The van der Waals surface area contributed by atoms with Gasteiger partial charge in [0.15, 0.2) is 0 Å². The molecule has 0 spiro atoms. The van der Waals surface area contributed by atoms with Gasteiger partial charge in [0.2, 0.25) is 0 Å². The first kappa shape index (κ1) is 17.7. The Bertz CT molecular complexity index is 1180. The molecule has 1 aliphatic heterocycles. The molecule has 1 N–H and O–H groups in total. The highest BCUT2D eigenvalue weighted by molar-refractivity contribution is 6.06. The molecule has 2 atom stereocenters. The van der Waals surface area contributed by atoms with Crippen LogP contribution in [-0.4, -0.2) is 16.8 Å². The van der Waals surface area contributed by atoms with Crippen LogP contribution >= 0.6 is 0 Å². The summed E-state index contributed by atoms with van der Waals surface area (Å²) >= 11 is 0. The van der Waals surface area contributed by atoms with Crippen LogP contribution in [0.1, 0.15) is 42.4 Å². The zero-order valence-corrected chi connectivity index (χ0v) is 16.7. The molecule has 144 valence electrons. The van der Waals surface area contributed by atoms with Crippen molar-refractivity contribution < 1.29 is 4.79 Å². The fourth-order valence-corrected chi connectivity index (χ4v) is 4.47. The molecule has 3 nitrogen and oxygen atoms in total. The minimum absolute atomic E-state index is 0.0933. The van der Waals surface area contributed by atoms with Crippen molar-refractivity contribution in [3.63, 3.8) is 0 Å². The number of amides is 1. The van der Waals surface area contributed by atoms with Gasteiger partial charge in [-0.25, -0.2) is 0 Å². The second-order valence-corrected chi connectivity index (χ2v) is 7.79. The lowest BCUT2D eigenvalue weighted by Gasteiger charge is -2.42. The lowest BCUT2D eigenvalue weighted by Crippen LogP contribution is -2.47. The van der Waals surface area contributed by atoms with E-state index in [9.17, 15) is 4.79 Å². The molecule has 0 aliphatic carbocycles. The van der Waals surface area contributed by atoms with Gasteiger partial charge >= 0.3 is 0 Å². The molecule has 4 aromatic carbocycles. The van der Waals surface area contributed by atoms with Gasteiger partial charge in [-0.3, -0.25) is 4.79 Å². The third-order valence-electron chi connectivity index (χ3n) is 6.11. The summed E-state index contributed by atoms with van der Waals surface area (Å²) in [5.41, 5.74) is 2.81. The summed E-state index contributed by atoms with van der Waals surface area (Å²) in [6.45, 7) is 4.27. The van der Waals surface area contributed by atoms with Gasteiger partial charge in [0.1, 0.15) is 6.17 Å². The van der Waals surface area contributed by atoms with E-state index < -0.39 is 0 Å². The molecular weight excluding hydrogens is 356 g/mol. The van der Waals surface area contributed by atoms with Crippen LogP contribution < -0.4 is 5.32 Å². The summed E-state index contributed by atoms with van der Waals surface area (Å²) in [5, 5.41) is 8.45. The fourth-order valence-electron chi connectivity index (χ4n) is 4.47. The van der Waals surface area contributed by atoms with Crippen LogP contribution in [0.15, 0.2) is 78.9 Å². The molecule has 0 saturated carbocycles. The van der Waals surface area contributed by atoms with Gasteiger partial charge in [0, 0.05) is 17.3 Å². The van der Waals surface area contributed by atoms with Gasteiger partial charge in [-0.2, -0.15) is 0 Å². The molecule has 0 bridgehead atoms. The average molecular weight is 380 g/mol. The van der Waals surface area contributed by atoms with Crippen LogP contribution in [-0.2, 0) is 0 Å². The Kier molecular flexibility index (Phi) is 4.24. The van der Waals surface area contributed by atoms with E-state index in [2.05, 4.69) is 73.8 Å². The van der Waals surface area contributed by atoms with Crippen molar-refractivity contribution in [1.29, 1.82) is 0 Å². The molecule has 1 amide bonds. The maximum Gasteiger partial charge on any atom is 0.258 e. The molecule has 3 heteroatoms. The van der Waals surface area contributed by atoms with Crippen LogP contribution in [0, 0.1) is 0 Å². The fraction of sp³-hybridized carbons (Fsp3) is 0.192. The summed E-state index contributed by atoms with van der Waals surface area (Å²) < 4.78 is 0. The van der Waals surface area contributed by atoms with Crippen LogP contribution in [0.3, 0.4) is 0 Å². The smallest absolute Gasteiger partial charge is 0.258 e. The van der Waals surface area contributed by atoms with Gasteiger partial charge in [-0.1, -0.05) is 67.6 Å². The Labute approximate surface area is 171 Å². The summed E-state index contributed by atoms with van der Waals surface area (Å²) in [4.78, 5) is 15.6. The quantitative estimate of drug-likeness (QED) is 0.420. The predicted octanol–water partition coefficient (Wildman–Crippen LogP) is 6.36. The molecule has 1 heterocycles. The largest absolute Gasteiger partial charge is 0.361 e. The normalized spacial score (nSPS) is 17.2. The van der Waals surface area contributed by atoms with E-state index in [1.165, 1.54) is 27.1 Å². The van der Waals surface area contributed by atoms with E-state index in [0.29, 0.717) is 0 Å². The molecular formula is C26H24N2O. The van der Waals surface area contributed by atoms with Crippen LogP contribution in [0.25, 0.3) is 21.5 Å². The lowest BCUT2D eigenvalue weighted by molar-refractivity contribution is 0.0596. The van der Waals surface area contributed by atoms with E-state index in [0.717, 1.165) is 17.7 Å². The van der Waals surface area contributed by atoms with Gasteiger partial charge in [0.25, 0.3) is 5.91 Å². The number of nitrogens with one attached hydrogen (secondary N) is 1. The maximum atomic E-state index is 13.6. The molecule has 0 fully saturated rings. The first-order chi connectivity index (χ1) is 14.2. The predicted molar refractivity (Wildman–Crippen MR) is 120 cm³/mol. The van der Waals surface area contributed by atoms with E-state index in [1.54, 1.807) is 0 Å². The molecule has 0 aromatic heterocycles. The number of benzene rings is 4. The number of hydrogen-bond donors (Lipinski definition) is 1. The van der Waals surface area contributed by atoms with Crippen LogP contribution in [0.2, 0.25) is 0 Å². The van der Waals surface area contributed by atoms with Crippen molar-refractivity contribution in [1.82, 2.24) is 4.90 Å². The van der Waals surface area contributed by atoms with Gasteiger partial charge in [-0.05, 0) is 53.1 Å². The number of carbonyl (C=O) groups excluding carboxylic acids is 1. The molecule has 1 aliphatic rings. The second-order valence-electron chi connectivity index (χ2n) is 7.79. The zero-order valence-electron chi connectivity index (χ0n) is 16.7. The lowest BCUT2D eigenvalue weighted by atomic mass is 9.92. The molecule has 2 unspecified atom stereocenters. The standard InChI is InChI=1S/C26H24N2O/c1-3-17(2)28-25(27-23-15-9-8-14-22(23)26(28)29)24-20-12-6-4-10-18(20)16-19-11-5-7-13-21(19)24/h4-17,25,27H,3H2,1-2H3. The average Bonchev–Trinajstić information content (AvgIpc) is 2.77. The first-order valence-corrected chi connectivity index (χ1v) is 10.3. The number of rotatable bonds is 3. The summed E-state index contributed by atoms with van der Waals surface area (Å²) in [6.07, 6.45) is 0.678. The first-order valence-electron chi connectivity index (χ1n) is 10.3. The van der Waals surface area contributed by atoms with E-state index >= 15 is 0 Å². The highest BCUT2D eigenvalue weighted by atomic mass is 16.2. The number of nitrogens with zero attached hydrogens (tertiary/aromatic N) is 1. The minimum atomic E-state index is -0.219. The SMILES string of the molecule is CCC(C)N1C(=O)c2ccccc2NC1c1c2ccccc2cc2ccccc12. The third kappa shape index (κ3) is 2.77. The Balaban J connectivity index is 1.83. The molecule has 29 heavy (non-hydrogen) atoms. The molecule has 5 rings (SSSR count). The minimum Gasteiger partial charge on any atom is -0.361 e. The second kappa shape index (κ2) is 6.93. The number of para-hydroxylation sites is 1. The van der Waals surface area contributed by atoms with Gasteiger partial charge in [-0.15, -0.1) is 0 Å². The maximum absolute atomic E-state index is 13.6. The van der Waals surface area contributed by atoms with Crippen LogP contribution in [0.5, 0.6) is 0 Å². The van der Waals surface area contributed by atoms with E-state index in [4.69, 9.17) is 0 Å². The van der Waals surface area contributed by atoms with Crippen molar-refractivity contribution in [2.45, 2.75) is 32.5 Å². The summed E-state index contributed by atoms with van der Waals surface area (Å²) in [7, 11) is 0. The topological polar surface area (TPSA) is 32.3 Å². The number of hydrogen-bond acceptors (Lipinski definition) is 2. The molecule has 0 saturated heterocycles. The Morgan fingerprint density at radius 1 is 0.897 bits per heavy atom. The highest BCUT2D eigenvalue weighted by Gasteiger charge is 2.36. The van der Waals surface area contributed by atoms with E-state index in [1.807, 2.05) is 29.2 Å². The number of anilines is 1. The Hall–Kier alpha value is -3.33. The van der Waals surface area contributed by atoms with Crippen molar-refractivity contribution in [2.24, 2.45) is 0 Å². The van der Waals surface area contributed by atoms with E-state index in [-0.39, 0.29) is 18.1 Å². The number of fused-ring (bicyclic) bond motifs is 3. The van der Waals surface area contributed by atoms with Crippen LogP contribution in [0.4, 0.5) is 5.69 Å². The van der Waals surface area contributed by atoms with Gasteiger partial charge < -0.3 is 10.2 Å². The molecule has 0 radical (unpaired) electrons. The Morgan fingerprint density at radius 2 is 1.48 bits per heavy atom.